The molecule has 2 atom stereocenters. The lowest BCUT2D eigenvalue weighted by Crippen LogP contribution is -2.49. The van der Waals surface area contributed by atoms with Crippen LogP contribution in [0.25, 0.3) is 10.9 Å². The van der Waals surface area contributed by atoms with E-state index in [9.17, 15) is 22.9 Å². The summed E-state index contributed by atoms with van der Waals surface area (Å²) in [4.78, 5) is 18.4. The quantitative estimate of drug-likeness (QED) is 0.386. The second-order valence-electron chi connectivity index (χ2n) is 11.5. The van der Waals surface area contributed by atoms with Gasteiger partial charge in [0.15, 0.2) is 11.6 Å². The number of piperidine rings is 1. The fourth-order valence-electron chi connectivity index (χ4n) is 6.46. The highest BCUT2D eigenvalue weighted by molar-refractivity contribution is 7.90. The molecule has 3 aromatic rings. The summed E-state index contributed by atoms with van der Waals surface area (Å²) in [6, 6.07) is 8.41. The van der Waals surface area contributed by atoms with Crippen molar-refractivity contribution in [2.75, 3.05) is 38.0 Å². The number of ether oxygens (including phenoxy) is 2. The van der Waals surface area contributed by atoms with E-state index < -0.39 is 21.8 Å². The van der Waals surface area contributed by atoms with Crippen LogP contribution in [0.1, 0.15) is 44.2 Å². The number of anilines is 1. The molecular formula is C30H33FN6O5S. The third kappa shape index (κ3) is 4.88. The van der Waals surface area contributed by atoms with Crippen LogP contribution in [0, 0.1) is 22.6 Å². The smallest absolute Gasteiger partial charge is 0.301 e. The average molecular weight is 609 g/mol. The Hall–Kier alpha value is -3.83. The first-order valence-electron chi connectivity index (χ1n) is 14.2. The van der Waals surface area contributed by atoms with Gasteiger partial charge in [-0.15, -0.1) is 0 Å². The minimum atomic E-state index is -3.98. The van der Waals surface area contributed by atoms with Gasteiger partial charge in [-0.1, -0.05) is 19.1 Å². The predicted molar refractivity (Wildman–Crippen MR) is 159 cm³/mol. The molecule has 2 N–H and O–H groups in total. The highest BCUT2D eigenvalue weighted by Crippen LogP contribution is 2.62. The summed E-state index contributed by atoms with van der Waals surface area (Å²) < 4.78 is 57.3. The van der Waals surface area contributed by atoms with Gasteiger partial charge in [0.2, 0.25) is 0 Å². The first kappa shape index (κ1) is 29.3. The first-order chi connectivity index (χ1) is 20.5. The van der Waals surface area contributed by atoms with Crippen molar-refractivity contribution >= 4 is 26.8 Å². The highest BCUT2D eigenvalue weighted by atomic mass is 32.2. The number of benzene rings is 2. The monoisotopic (exact) mass is 608 g/mol. The van der Waals surface area contributed by atoms with Crippen molar-refractivity contribution in [3.8, 4) is 17.6 Å². The summed E-state index contributed by atoms with van der Waals surface area (Å²) in [5, 5.41) is 13.5. The number of hydrogen-bond donors (Lipinski definition) is 2. The van der Waals surface area contributed by atoms with Crippen molar-refractivity contribution in [1.82, 2.24) is 19.2 Å². The molecule has 3 fully saturated rings. The van der Waals surface area contributed by atoms with Gasteiger partial charge in [0.1, 0.15) is 17.4 Å². The molecule has 43 heavy (non-hydrogen) atoms. The standard InChI is InChI=1S/C30H33FN6O5S/c1-4-36(3)43(39,40)35-25-8-6-23(31)27(22(25)15-32)42-20-5-7-24-21(14-20)28(38)37(18-34-24)26-13-19(2)30(26)16-29(41-17-30)9-11-33-12-10-29/h5-8,14,18,26,33,35H,2,4,9-13,16-17H2,1,3H3. The normalized spacial score (nSPS) is 23.0. The minimum absolute atomic E-state index is 0.0934. The van der Waals surface area contributed by atoms with Gasteiger partial charge in [-0.2, -0.15) is 18.0 Å². The molecule has 2 aliphatic heterocycles. The number of halogens is 1. The third-order valence-corrected chi connectivity index (χ3v) is 10.8. The SMILES string of the molecule is C=C1CC(n2cnc3ccc(Oc4c(F)ccc(NS(=O)(=O)N(C)CC)c4C#N)cc3c2=O)C12COC1(CCNCC1)C2. The number of fused-ring (bicyclic) bond motifs is 1. The van der Waals surface area contributed by atoms with Crippen molar-refractivity contribution in [1.29, 1.82) is 5.26 Å². The molecule has 0 radical (unpaired) electrons. The molecule has 226 valence electrons. The molecule has 2 aromatic carbocycles. The maximum atomic E-state index is 15.0. The van der Waals surface area contributed by atoms with Gasteiger partial charge in [0.05, 0.1) is 41.2 Å². The van der Waals surface area contributed by atoms with E-state index in [0.29, 0.717) is 18.5 Å². The zero-order chi connectivity index (χ0) is 30.6. The summed E-state index contributed by atoms with van der Waals surface area (Å²) in [7, 11) is -2.61. The van der Waals surface area contributed by atoms with Crippen LogP contribution < -0.4 is 20.3 Å². The summed E-state index contributed by atoms with van der Waals surface area (Å²) in [5.41, 5.74) is 0.224. The van der Waals surface area contributed by atoms with Crippen LogP contribution >= 0.6 is 0 Å². The first-order valence-corrected chi connectivity index (χ1v) is 15.6. The molecule has 11 nitrogen and oxygen atoms in total. The van der Waals surface area contributed by atoms with Crippen molar-refractivity contribution in [3.05, 3.63) is 70.5 Å². The molecule has 2 spiro atoms. The summed E-state index contributed by atoms with van der Waals surface area (Å²) in [6.45, 7) is 8.45. The molecule has 1 aliphatic carbocycles. The van der Waals surface area contributed by atoms with Gasteiger partial charge in [-0.25, -0.2) is 9.37 Å². The van der Waals surface area contributed by atoms with Gasteiger partial charge in [-0.05, 0) is 69.1 Å². The Labute approximate surface area is 249 Å². The topological polar surface area (TPSA) is 139 Å². The van der Waals surface area contributed by atoms with Crippen LogP contribution in [0.3, 0.4) is 0 Å². The van der Waals surface area contributed by atoms with E-state index in [0.717, 1.165) is 54.4 Å². The number of aromatic nitrogens is 2. The van der Waals surface area contributed by atoms with Crippen LogP contribution in [0.2, 0.25) is 0 Å². The molecule has 2 saturated heterocycles. The molecule has 3 heterocycles. The summed E-state index contributed by atoms with van der Waals surface area (Å²) in [5.74, 6) is -1.24. The number of hydrogen-bond acceptors (Lipinski definition) is 8. The second kappa shape index (κ2) is 10.7. The zero-order valence-corrected chi connectivity index (χ0v) is 24.8. The second-order valence-corrected chi connectivity index (χ2v) is 13.3. The van der Waals surface area contributed by atoms with E-state index in [2.05, 4.69) is 21.6 Å². The van der Waals surface area contributed by atoms with E-state index in [1.165, 1.54) is 19.2 Å². The minimum Gasteiger partial charge on any atom is -0.453 e. The van der Waals surface area contributed by atoms with Crippen molar-refractivity contribution in [3.63, 3.8) is 0 Å². The average Bonchev–Trinajstić information content (AvgIpc) is 3.39. The predicted octanol–water partition coefficient (Wildman–Crippen LogP) is 3.84. The molecule has 1 aromatic heterocycles. The van der Waals surface area contributed by atoms with Crippen LogP contribution in [-0.4, -0.2) is 61.2 Å². The fourth-order valence-corrected chi connectivity index (χ4v) is 7.41. The lowest BCUT2D eigenvalue weighted by atomic mass is 9.58. The van der Waals surface area contributed by atoms with Crippen molar-refractivity contribution in [2.45, 2.75) is 44.2 Å². The van der Waals surface area contributed by atoms with Gasteiger partial charge >= 0.3 is 10.2 Å². The number of nitriles is 1. The van der Waals surface area contributed by atoms with Gasteiger partial charge in [-0.3, -0.25) is 14.1 Å². The molecule has 0 bridgehead atoms. The number of rotatable bonds is 7. The zero-order valence-electron chi connectivity index (χ0n) is 24.0. The molecule has 3 aliphatic rings. The summed E-state index contributed by atoms with van der Waals surface area (Å²) in [6.07, 6.45) is 4.85. The number of nitrogens with zero attached hydrogens (tertiary/aromatic N) is 4. The Balaban J connectivity index is 1.33. The highest BCUT2D eigenvalue weighted by Gasteiger charge is 2.60. The Morgan fingerprint density at radius 2 is 2.09 bits per heavy atom. The molecule has 0 amide bonds. The van der Waals surface area contributed by atoms with Crippen LogP contribution in [-0.2, 0) is 14.9 Å². The van der Waals surface area contributed by atoms with E-state index in [-0.39, 0.29) is 51.5 Å². The summed E-state index contributed by atoms with van der Waals surface area (Å²) >= 11 is 0. The van der Waals surface area contributed by atoms with Crippen LogP contribution in [0.4, 0.5) is 10.1 Å². The van der Waals surface area contributed by atoms with Crippen LogP contribution in [0.15, 0.2) is 53.6 Å². The van der Waals surface area contributed by atoms with Gasteiger partial charge < -0.3 is 14.8 Å². The third-order valence-electron chi connectivity index (χ3n) is 9.20. The van der Waals surface area contributed by atoms with Crippen LogP contribution in [0.5, 0.6) is 11.5 Å². The Morgan fingerprint density at radius 3 is 2.79 bits per heavy atom. The van der Waals surface area contributed by atoms with Crippen molar-refractivity contribution < 1.29 is 22.3 Å². The molecule has 1 saturated carbocycles. The van der Waals surface area contributed by atoms with Gasteiger partial charge in [0, 0.05) is 19.0 Å². The fraction of sp³-hybridized carbons (Fsp3) is 0.433. The Kier molecular flexibility index (Phi) is 7.29. The van der Waals surface area contributed by atoms with Gasteiger partial charge in [0.25, 0.3) is 5.56 Å². The van der Waals surface area contributed by atoms with E-state index in [4.69, 9.17) is 9.47 Å². The molecular weight excluding hydrogens is 575 g/mol. The number of nitrogens with one attached hydrogen (secondary N) is 2. The van der Waals surface area contributed by atoms with E-state index in [1.807, 2.05) is 6.07 Å². The molecule has 13 heteroatoms. The molecule has 6 rings (SSSR count). The largest absolute Gasteiger partial charge is 0.453 e. The maximum Gasteiger partial charge on any atom is 0.301 e. The Bertz CT molecular complexity index is 1830. The van der Waals surface area contributed by atoms with E-state index in [1.54, 1.807) is 23.9 Å². The molecule has 2 unspecified atom stereocenters. The lowest BCUT2D eigenvalue weighted by Gasteiger charge is -2.50. The van der Waals surface area contributed by atoms with E-state index >= 15 is 0 Å². The van der Waals surface area contributed by atoms with Crippen molar-refractivity contribution in [2.24, 2.45) is 5.41 Å². The Morgan fingerprint density at radius 1 is 1.33 bits per heavy atom. The lowest BCUT2D eigenvalue weighted by molar-refractivity contribution is -0.0226. The maximum absolute atomic E-state index is 15.0.